The Morgan fingerprint density at radius 1 is 1.43 bits per heavy atom. The molecule has 0 unspecified atom stereocenters. The summed E-state index contributed by atoms with van der Waals surface area (Å²) in [6.07, 6.45) is 0.623. The molecule has 5 nitrogen and oxygen atoms in total. The van der Waals surface area contributed by atoms with Crippen LogP contribution in [0.3, 0.4) is 0 Å². The van der Waals surface area contributed by atoms with Gasteiger partial charge in [0.2, 0.25) is 5.82 Å². The Bertz CT molecular complexity index is 825. The standard InChI is InChI=1S/C14H12ClN3O2S/c1-3-9-13(18-20-17-9)16-14(19)12-11(15)8-5-4-7(2)6-10(8)21-12/h4-6H,3H2,1-2H3,(H,16,18,19). The normalized spacial score (nSPS) is 11.0. The van der Waals surface area contributed by atoms with Gasteiger partial charge in [-0.2, -0.15) is 0 Å². The summed E-state index contributed by atoms with van der Waals surface area (Å²) in [6, 6.07) is 5.91. The molecule has 0 fully saturated rings. The summed E-state index contributed by atoms with van der Waals surface area (Å²) >= 11 is 7.67. The second-order valence-electron chi connectivity index (χ2n) is 4.61. The highest BCUT2D eigenvalue weighted by Crippen LogP contribution is 2.36. The minimum absolute atomic E-state index is 0.302. The highest BCUT2D eigenvalue weighted by Gasteiger charge is 2.19. The number of aryl methyl sites for hydroxylation is 2. The smallest absolute Gasteiger partial charge is 0.268 e. The van der Waals surface area contributed by atoms with Gasteiger partial charge in [0.05, 0.1) is 5.02 Å². The molecule has 7 heteroatoms. The molecular formula is C14H12ClN3O2S. The highest BCUT2D eigenvalue weighted by atomic mass is 35.5. The second-order valence-corrected chi connectivity index (χ2v) is 6.04. The molecule has 0 saturated heterocycles. The van der Waals surface area contributed by atoms with Crippen LogP contribution in [0.15, 0.2) is 22.8 Å². The number of thiophene rings is 1. The maximum Gasteiger partial charge on any atom is 0.268 e. The first-order valence-corrected chi connectivity index (χ1v) is 7.61. The molecule has 0 aliphatic rings. The number of nitrogens with one attached hydrogen (secondary N) is 1. The van der Waals surface area contributed by atoms with Crippen LogP contribution in [-0.4, -0.2) is 16.2 Å². The number of hydrogen-bond acceptors (Lipinski definition) is 5. The third kappa shape index (κ3) is 2.52. The SMILES string of the molecule is CCc1nonc1NC(=O)c1sc2cc(C)ccc2c1Cl. The molecule has 1 amide bonds. The lowest BCUT2D eigenvalue weighted by Crippen LogP contribution is -2.12. The van der Waals surface area contributed by atoms with Crippen molar-refractivity contribution >= 4 is 44.7 Å². The van der Waals surface area contributed by atoms with Crippen molar-refractivity contribution in [2.24, 2.45) is 0 Å². The number of halogens is 1. The molecule has 108 valence electrons. The molecule has 0 aliphatic carbocycles. The Morgan fingerprint density at radius 3 is 3.00 bits per heavy atom. The molecule has 0 aliphatic heterocycles. The largest absolute Gasteiger partial charge is 0.301 e. The van der Waals surface area contributed by atoms with E-state index in [0.717, 1.165) is 15.6 Å². The first-order chi connectivity index (χ1) is 10.1. The van der Waals surface area contributed by atoms with Gasteiger partial charge in [0.1, 0.15) is 10.6 Å². The van der Waals surface area contributed by atoms with E-state index in [2.05, 4.69) is 20.3 Å². The Balaban J connectivity index is 1.96. The van der Waals surface area contributed by atoms with Gasteiger partial charge in [0.25, 0.3) is 5.91 Å². The van der Waals surface area contributed by atoms with Gasteiger partial charge in [-0.15, -0.1) is 11.3 Å². The van der Waals surface area contributed by atoms with Crippen molar-refractivity contribution < 1.29 is 9.42 Å². The number of amides is 1. The van der Waals surface area contributed by atoms with Crippen LogP contribution in [0.1, 0.15) is 27.9 Å². The number of anilines is 1. The van der Waals surface area contributed by atoms with Crippen molar-refractivity contribution in [1.82, 2.24) is 10.3 Å². The van der Waals surface area contributed by atoms with E-state index in [1.54, 1.807) is 0 Å². The molecule has 2 heterocycles. The molecule has 1 N–H and O–H groups in total. The first kappa shape index (κ1) is 14.0. The lowest BCUT2D eigenvalue weighted by atomic mass is 10.2. The number of carbonyl (C=O) groups excluding carboxylic acids is 1. The van der Waals surface area contributed by atoms with Gasteiger partial charge in [0.15, 0.2) is 0 Å². The number of hydrogen-bond donors (Lipinski definition) is 1. The third-order valence-corrected chi connectivity index (χ3v) is 4.77. The zero-order valence-electron chi connectivity index (χ0n) is 11.4. The topological polar surface area (TPSA) is 68.0 Å². The molecular weight excluding hydrogens is 310 g/mol. The van der Waals surface area contributed by atoms with E-state index in [0.29, 0.717) is 27.8 Å². The van der Waals surface area contributed by atoms with Gasteiger partial charge >= 0.3 is 0 Å². The number of fused-ring (bicyclic) bond motifs is 1. The van der Waals surface area contributed by atoms with Crippen LogP contribution in [-0.2, 0) is 6.42 Å². The average molecular weight is 322 g/mol. The molecule has 0 atom stereocenters. The van der Waals surface area contributed by atoms with Crippen molar-refractivity contribution in [1.29, 1.82) is 0 Å². The molecule has 0 saturated carbocycles. The minimum Gasteiger partial charge on any atom is -0.301 e. The molecule has 0 bridgehead atoms. The summed E-state index contributed by atoms with van der Waals surface area (Å²) < 4.78 is 5.62. The zero-order chi connectivity index (χ0) is 15.0. The molecule has 2 aromatic heterocycles. The fraction of sp³-hybridized carbons (Fsp3) is 0.214. The molecule has 3 aromatic rings. The molecule has 0 spiro atoms. The number of carbonyl (C=O) groups is 1. The van der Waals surface area contributed by atoms with E-state index in [1.165, 1.54) is 11.3 Å². The zero-order valence-corrected chi connectivity index (χ0v) is 13.0. The number of benzene rings is 1. The van der Waals surface area contributed by atoms with Gasteiger partial charge in [-0.25, -0.2) is 4.63 Å². The van der Waals surface area contributed by atoms with Gasteiger partial charge < -0.3 is 5.32 Å². The Morgan fingerprint density at radius 2 is 2.24 bits per heavy atom. The molecule has 0 radical (unpaired) electrons. The fourth-order valence-electron chi connectivity index (χ4n) is 2.02. The van der Waals surface area contributed by atoms with E-state index in [-0.39, 0.29) is 5.91 Å². The van der Waals surface area contributed by atoms with Crippen LogP contribution in [0.25, 0.3) is 10.1 Å². The van der Waals surface area contributed by atoms with Crippen molar-refractivity contribution in [3.8, 4) is 0 Å². The maximum absolute atomic E-state index is 12.4. The third-order valence-electron chi connectivity index (χ3n) is 3.11. The monoisotopic (exact) mass is 321 g/mol. The Kier molecular flexibility index (Phi) is 3.65. The van der Waals surface area contributed by atoms with Crippen molar-refractivity contribution in [3.05, 3.63) is 39.4 Å². The highest BCUT2D eigenvalue weighted by molar-refractivity contribution is 7.21. The van der Waals surface area contributed by atoms with Gasteiger partial charge in [-0.3, -0.25) is 4.79 Å². The summed E-state index contributed by atoms with van der Waals surface area (Å²) in [4.78, 5) is 12.8. The first-order valence-electron chi connectivity index (χ1n) is 6.41. The van der Waals surface area contributed by atoms with Crippen molar-refractivity contribution in [3.63, 3.8) is 0 Å². The van der Waals surface area contributed by atoms with E-state index >= 15 is 0 Å². The summed E-state index contributed by atoms with van der Waals surface area (Å²) in [7, 11) is 0. The van der Waals surface area contributed by atoms with E-state index in [4.69, 9.17) is 11.6 Å². The van der Waals surface area contributed by atoms with Crippen LogP contribution in [0.2, 0.25) is 5.02 Å². The van der Waals surface area contributed by atoms with Crippen LogP contribution in [0.4, 0.5) is 5.82 Å². The molecule has 1 aromatic carbocycles. The fourth-order valence-corrected chi connectivity index (χ4v) is 3.53. The van der Waals surface area contributed by atoms with Gasteiger partial charge in [0, 0.05) is 10.1 Å². The predicted molar refractivity (Wildman–Crippen MR) is 83.2 cm³/mol. The second kappa shape index (κ2) is 5.46. The van der Waals surface area contributed by atoms with Crippen molar-refractivity contribution in [2.45, 2.75) is 20.3 Å². The van der Waals surface area contributed by atoms with E-state index in [9.17, 15) is 4.79 Å². The number of rotatable bonds is 3. The van der Waals surface area contributed by atoms with Crippen molar-refractivity contribution in [2.75, 3.05) is 5.32 Å². The van der Waals surface area contributed by atoms with Gasteiger partial charge in [-0.1, -0.05) is 35.8 Å². The predicted octanol–water partition coefficient (Wildman–Crippen LogP) is 4.06. The average Bonchev–Trinajstić information content (AvgIpc) is 3.03. The quantitative estimate of drug-likeness (QED) is 0.789. The maximum atomic E-state index is 12.4. The van der Waals surface area contributed by atoms with Gasteiger partial charge in [-0.05, 0) is 30.1 Å². The van der Waals surface area contributed by atoms with Crippen LogP contribution >= 0.6 is 22.9 Å². The van der Waals surface area contributed by atoms with Crippen LogP contribution in [0, 0.1) is 6.92 Å². The lowest BCUT2D eigenvalue weighted by molar-refractivity contribution is 0.102. The summed E-state index contributed by atoms with van der Waals surface area (Å²) in [5.41, 5.74) is 1.73. The summed E-state index contributed by atoms with van der Waals surface area (Å²) in [6.45, 7) is 3.91. The Hall–Kier alpha value is -1.92. The summed E-state index contributed by atoms with van der Waals surface area (Å²) in [5, 5.41) is 11.5. The number of aromatic nitrogens is 2. The van der Waals surface area contributed by atoms with Crippen LogP contribution in [0.5, 0.6) is 0 Å². The van der Waals surface area contributed by atoms with Crippen LogP contribution < -0.4 is 5.32 Å². The number of nitrogens with zero attached hydrogens (tertiary/aromatic N) is 2. The van der Waals surface area contributed by atoms with E-state index in [1.807, 2.05) is 32.0 Å². The Labute approximate surface area is 129 Å². The molecule has 21 heavy (non-hydrogen) atoms. The summed E-state index contributed by atoms with van der Waals surface area (Å²) in [5.74, 6) is 0.0384. The minimum atomic E-state index is -0.302. The lowest BCUT2D eigenvalue weighted by Gasteiger charge is -2.00. The van der Waals surface area contributed by atoms with E-state index < -0.39 is 0 Å². The molecule has 3 rings (SSSR count).